The van der Waals surface area contributed by atoms with Gasteiger partial charge in [-0.15, -0.1) is 0 Å². The van der Waals surface area contributed by atoms with Crippen LogP contribution in [0.3, 0.4) is 0 Å². The molecule has 0 aliphatic heterocycles. The van der Waals surface area contributed by atoms with Gasteiger partial charge in [0.25, 0.3) is 0 Å². The van der Waals surface area contributed by atoms with Crippen LogP contribution < -0.4 is 4.74 Å². The van der Waals surface area contributed by atoms with Crippen LogP contribution in [0.15, 0.2) is 61.2 Å². The monoisotopic (exact) mass is 410 g/mol. The van der Waals surface area contributed by atoms with Gasteiger partial charge in [0.1, 0.15) is 18.2 Å². The predicted molar refractivity (Wildman–Crippen MR) is 125 cm³/mol. The lowest BCUT2D eigenvalue weighted by Gasteiger charge is -2.12. The van der Waals surface area contributed by atoms with Crippen LogP contribution in [0.5, 0.6) is 5.75 Å². The predicted octanol–water partition coefficient (Wildman–Crippen LogP) is 7.84. The lowest BCUT2D eigenvalue weighted by atomic mass is 10.0. The fourth-order valence-corrected chi connectivity index (χ4v) is 3.19. The zero-order valence-electron chi connectivity index (χ0n) is 18.4. The molecule has 0 aliphatic rings. The minimum Gasteiger partial charge on any atom is -0.490 e. The fraction of sp³-hybridized carbons (Fsp3) is 0.407. The molecule has 0 aliphatic carbocycles. The molecule has 2 aromatic carbocycles. The quantitative estimate of drug-likeness (QED) is 0.233. The second kappa shape index (κ2) is 13.8. The SMILES string of the molecule is C=CCOc1ccc(-c2ccc(C=CCCCC(C)OCCCCC)c(F)c2)cc1. The van der Waals surface area contributed by atoms with Gasteiger partial charge < -0.3 is 9.47 Å². The maximum Gasteiger partial charge on any atom is 0.131 e. The summed E-state index contributed by atoms with van der Waals surface area (Å²) in [4.78, 5) is 0. The molecule has 0 saturated carbocycles. The Morgan fingerprint density at radius 3 is 2.50 bits per heavy atom. The summed E-state index contributed by atoms with van der Waals surface area (Å²) in [6, 6.07) is 13.0. The van der Waals surface area contributed by atoms with Crippen LogP contribution >= 0.6 is 0 Å². The molecule has 0 spiro atoms. The highest BCUT2D eigenvalue weighted by Crippen LogP contribution is 2.25. The summed E-state index contributed by atoms with van der Waals surface area (Å²) >= 11 is 0. The van der Waals surface area contributed by atoms with Crippen molar-refractivity contribution in [1.82, 2.24) is 0 Å². The van der Waals surface area contributed by atoms with E-state index >= 15 is 0 Å². The molecule has 0 heterocycles. The Balaban J connectivity index is 1.80. The van der Waals surface area contributed by atoms with E-state index in [9.17, 15) is 4.39 Å². The van der Waals surface area contributed by atoms with Crippen LogP contribution in [-0.4, -0.2) is 19.3 Å². The van der Waals surface area contributed by atoms with E-state index in [1.165, 1.54) is 12.8 Å². The van der Waals surface area contributed by atoms with Crippen molar-refractivity contribution in [3.63, 3.8) is 0 Å². The molecule has 1 atom stereocenters. The molecule has 162 valence electrons. The van der Waals surface area contributed by atoms with E-state index in [-0.39, 0.29) is 5.82 Å². The van der Waals surface area contributed by atoms with Gasteiger partial charge >= 0.3 is 0 Å². The first kappa shape index (κ1) is 23.9. The van der Waals surface area contributed by atoms with E-state index in [0.717, 1.165) is 49.2 Å². The number of hydrogen-bond acceptors (Lipinski definition) is 2. The van der Waals surface area contributed by atoms with Crippen LogP contribution in [0.25, 0.3) is 17.2 Å². The molecule has 0 aromatic heterocycles. The molecule has 3 heteroatoms. The van der Waals surface area contributed by atoms with Gasteiger partial charge in [-0.1, -0.05) is 68.8 Å². The third-order valence-electron chi connectivity index (χ3n) is 4.99. The van der Waals surface area contributed by atoms with E-state index in [4.69, 9.17) is 9.47 Å². The van der Waals surface area contributed by atoms with Gasteiger partial charge in [0.05, 0.1) is 6.10 Å². The molecule has 0 fully saturated rings. The first-order valence-corrected chi connectivity index (χ1v) is 11.1. The third kappa shape index (κ3) is 8.54. The molecule has 2 aromatic rings. The van der Waals surface area contributed by atoms with Gasteiger partial charge in [-0.05, 0) is 61.9 Å². The molecular formula is C27H35FO2. The van der Waals surface area contributed by atoms with Crippen molar-refractivity contribution >= 4 is 6.08 Å². The minimum atomic E-state index is -0.205. The summed E-state index contributed by atoms with van der Waals surface area (Å²) in [6.45, 7) is 9.29. The lowest BCUT2D eigenvalue weighted by Crippen LogP contribution is -2.08. The van der Waals surface area contributed by atoms with Crippen LogP contribution in [-0.2, 0) is 4.74 Å². The number of unbranched alkanes of at least 4 members (excludes halogenated alkanes) is 3. The van der Waals surface area contributed by atoms with Crippen molar-refractivity contribution in [3.05, 3.63) is 72.6 Å². The molecule has 1 unspecified atom stereocenters. The topological polar surface area (TPSA) is 18.5 Å². The van der Waals surface area contributed by atoms with E-state index < -0.39 is 0 Å². The number of allylic oxidation sites excluding steroid dienone is 1. The third-order valence-corrected chi connectivity index (χ3v) is 4.99. The summed E-state index contributed by atoms with van der Waals surface area (Å²) in [6.07, 6.45) is 12.5. The molecule has 2 nitrogen and oxygen atoms in total. The normalized spacial score (nSPS) is 12.2. The number of halogens is 1. The zero-order chi connectivity index (χ0) is 21.6. The fourth-order valence-electron chi connectivity index (χ4n) is 3.19. The van der Waals surface area contributed by atoms with E-state index in [2.05, 4.69) is 20.4 Å². The van der Waals surface area contributed by atoms with Gasteiger partial charge in [-0.25, -0.2) is 4.39 Å². The molecule has 0 saturated heterocycles. The Morgan fingerprint density at radius 1 is 1.03 bits per heavy atom. The van der Waals surface area contributed by atoms with Crippen LogP contribution in [0.1, 0.15) is 57.9 Å². The Bertz CT molecular complexity index is 780. The standard InChI is InChI=1S/C27H35FO2/c1-4-6-10-20-29-22(3)11-8-7-9-12-24-13-14-25(21-27(24)28)23-15-17-26(18-16-23)30-19-5-2/h5,9,12-18,21-22H,2,4,6-8,10-11,19-20H2,1,3H3. The van der Waals surface area contributed by atoms with Gasteiger partial charge in [0, 0.05) is 12.2 Å². The Morgan fingerprint density at radius 2 is 1.80 bits per heavy atom. The summed E-state index contributed by atoms with van der Waals surface area (Å²) in [7, 11) is 0. The van der Waals surface area contributed by atoms with E-state index in [1.54, 1.807) is 12.1 Å². The largest absolute Gasteiger partial charge is 0.490 e. The van der Waals surface area contributed by atoms with Gasteiger partial charge in [-0.3, -0.25) is 0 Å². The van der Waals surface area contributed by atoms with Crippen LogP contribution in [0.2, 0.25) is 0 Å². The Hall–Kier alpha value is -2.39. The zero-order valence-corrected chi connectivity index (χ0v) is 18.4. The smallest absolute Gasteiger partial charge is 0.131 e. The summed E-state index contributed by atoms with van der Waals surface area (Å²) < 4.78 is 25.8. The highest BCUT2D eigenvalue weighted by Gasteiger charge is 2.04. The maximum absolute atomic E-state index is 14.5. The number of hydrogen-bond donors (Lipinski definition) is 0. The van der Waals surface area contributed by atoms with Gasteiger partial charge in [0.15, 0.2) is 0 Å². The number of benzene rings is 2. The first-order valence-electron chi connectivity index (χ1n) is 11.1. The van der Waals surface area contributed by atoms with Crippen molar-refractivity contribution in [2.45, 2.75) is 58.5 Å². The van der Waals surface area contributed by atoms with Gasteiger partial charge in [-0.2, -0.15) is 0 Å². The molecule has 0 amide bonds. The average Bonchev–Trinajstić information content (AvgIpc) is 2.76. The molecule has 0 radical (unpaired) electrons. The highest BCUT2D eigenvalue weighted by atomic mass is 19.1. The van der Waals surface area contributed by atoms with Crippen molar-refractivity contribution in [1.29, 1.82) is 0 Å². The van der Waals surface area contributed by atoms with Crippen LogP contribution in [0.4, 0.5) is 4.39 Å². The molecular weight excluding hydrogens is 375 g/mol. The highest BCUT2D eigenvalue weighted by molar-refractivity contribution is 5.66. The summed E-state index contributed by atoms with van der Waals surface area (Å²) in [5, 5.41) is 0. The van der Waals surface area contributed by atoms with Crippen molar-refractivity contribution < 1.29 is 13.9 Å². The molecule has 0 N–H and O–H groups in total. The van der Waals surface area contributed by atoms with Crippen molar-refractivity contribution in [3.8, 4) is 16.9 Å². The number of ether oxygens (including phenoxy) is 2. The second-order valence-corrected chi connectivity index (χ2v) is 7.58. The summed E-state index contributed by atoms with van der Waals surface area (Å²) in [5.41, 5.74) is 2.44. The maximum atomic E-state index is 14.5. The van der Waals surface area contributed by atoms with E-state index in [0.29, 0.717) is 18.3 Å². The molecule has 2 rings (SSSR count). The van der Waals surface area contributed by atoms with Crippen LogP contribution in [0, 0.1) is 5.82 Å². The Kier molecular flexibility index (Phi) is 11.0. The van der Waals surface area contributed by atoms with Gasteiger partial charge in [0.2, 0.25) is 0 Å². The average molecular weight is 411 g/mol. The van der Waals surface area contributed by atoms with E-state index in [1.807, 2.05) is 48.6 Å². The second-order valence-electron chi connectivity index (χ2n) is 7.58. The first-order chi connectivity index (χ1) is 14.6. The lowest BCUT2D eigenvalue weighted by molar-refractivity contribution is 0.0566. The molecule has 0 bridgehead atoms. The number of rotatable bonds is 14. The van der Waals surface area contributed by atoms with Crippen molar-refractivity contribution in [2.24, 2.45) is 0 Å². The molecule has 30 heavy (non-hydrogen) atoms. The minimum absolute atomic E-state index is 0.205. The van der Waals surface area contributed by atoms with Crippen molar-refractivity contribution in [2.75, 3.05) is 13.2 Å². The summed E-state index contributed by atoms with van der Waals surface area (Å²) in [5.74, 6) is 0.572. The Labute approximate surface area is 181 Å².